The number of thioether (sulfide) groups is 1. The molecule has 0 saturated carbocycles. The SMILES string of the molecule is CN(C)c1ccc(N=Nc2cccc[n+]2CC2=C(C(=O)O)N3C(=O)[C@@H](NC(=O)CCNC(=O)c4ccc(C(=O)O)c(-c5c6ccc(=O)cc-6oc6cc(O)ccc56)c4)[C@@H]3SC2)cc1. The Morgan fingerprint density at radius 2 is 1.70 bits per heavy atom. The average Bonchev–Trinajstić information content (AvgIpc) is 3.26. The smallest absolute Gasteiger partial charge is 0.352 e. The lowest BCUT2D eigenvalue weighted by atomic mass is 9.89. The number of carbonyl (C=O) groups excluding carboxylic acids is 3. The molecule has 4 aromatic rings. The summed E-state index contributed by atoms with van der Waals surface area (Å²) in [5.74, 6) is -3.55. The monoisotopic (exact) mass is 868 g/mol. The van der Waals surface area contributed by atoms with Crippen LogP contribution in [-0.4, -0.2) is 87.7 Å². The van der Waals surface area contributed by atoms with E-state index in [0.29, 0.717) is 33.6 Å². The number of aromatic nitrogens is 1. The lowest BCUT2D eigenvalue weighted by Crippen LogP contribution is -2.70. The van der Waals surface area contributed by atoms with E-state index in [2.05, 4.69) is 20.9 Å². The van der Waals surface area contributed by atoms with Crippen molar-refractivity contribution in [2.24, 2.45) is 10.2 Å². The fourth-order valence-electron chi connectivity index (χ4n) is 7.49. The molecule has 318 valence electrons. The van der Waals surface area contributed by atoms with Gasteiger partial charge in [-0.25, -0.2) is 14.2 Å². The number of aromatic hydroxyl groups is 1. The molecule has 0 radical (unpaired) electrons. The number of β-lactam (4-membered cyclic amide) rings is 1. The Morgan fingerprint density at radius 1 is 0.905 bits per heavy atom. The number of aromatic carboxylic acids is 1. The van der Waals surface area contributed by atoms with Gasteiger partial charge in [0.15, 0.2) is 5.43 Å². The van der Waals surface area contributed by atoms with Crippen molar-refractivity contribution in [3.8, 4) is 28.2 Å². The second kappa shape index (κ2) is 17.3. The molecule has 3 aromatic carbocycles. The van der Waals surface area contributed by atoms with Crippen LogP contribution in [0.25, 0.3) is 33.4 Å². The van der Waals surface area contributed by atoms with Gasteiger partial charge in [0.05, 0.1) is 16.9 Å². The van der Waals surface area contributed by atoms with Gasteiger partial charge in [0.1, 0.15) is 46.4 Å². The number of anilines is 1. The molecule has 4 aliphatic rings. The van der Waals surface area contributed by atoms with Crippen LogP contribution in [0.2, 0.25) is 0 Å². The molecular formula is C45H38N7O10S+. The van der Waals surface area contributed by atoms with E-state index in [1.165, 1.54) is 65.2 Å². The Balaban J connectivity index is 0.928. The second-order valence-corrected chi connectivity index (χ2v) is 16.0. The van der Waals surface area contributed by atoms with Gasteiger partial charge in [-0.15, -0.1) is 11.8 Å². The van der Waals surface area contributed by atoms with Crippen LogP contribution in [0.4, 0.5) is 17.2 Å². The number of pyridine rings is 1. The van der Waals surface area contributed by atoms with Crippen LogP contribution < -0.4 is 25.5 Å². The largest absolute Gasteiger partial charge is 0.508 e. The van der Waals surface area contributed by atoms with Gasteiger partial charge in [-0.2, -0.15) is 0 Å². The molecule has 1 saturated heterocycles. The number of hydrogen-bond acceptors (Lipinski definition) is 12. The molecule has 1 aliphatic carbocycles. The molecule has 4 heterocycles. The van der Waals surface area contributed by atoms with Crippen molar-refractivity contribution in [2.75, 3.05) is 31.3 Å². The topological polar surface area (TPSA) is 235 Å². The van der Waals surface area contributed by atoms with Gasteiger partial charge in [-0.3, -0.25) is 24.1 Å². The lowest BCUT2D eigenvalue weighted by Gasteiger charge is -2.49. The Bertz CT molecular complexity index is 2950. The van der Waals surface area contributed by atoms with Crippen molar-refractivity contribution in [3.05, 3.63) is 136 Å². The number of benzene rings is 4. The Labute approximate surface area is 362 Å². The lowest BCUT2D eigenvalue weighted by molar-refractivity contribution is -0.676. The van der Waals surface area contributed by atoms with Crippen LogP contribution in [-0.2, 0) is 20.9 Å². The summed E-state index contributed by atoms with van der Waals surface area (Å²) in [5.41, 5.74) is 2.63. The fourth-order valence-corrected chi connectivity index (χ4v) is 8.83. The Hall–Kier alpha value is -7.86. The van der Waals surface area contributed by atoms with Gasteiger partial charge < -0.3 is 35.3 Å². The third-order valence-electron chi connectivity index (χ3n) is 10.6. The molecule has 1 aromatic heterocycles. The fraction of sp³-hybridized carbons (Fsp3) is 0.178. The molecule has 63 heavy (non-hydrogen) atoms. The minimum Gasteiger partial charge on any atom is -0.508 e. The zero-order chi connectivity index (χ0) is 44.5. The van der Waals surface area contributed by atoms with E-state index in [4.69, 9.17) is 4.42 Å². The minimum atomic E-state index is -1.28. The van der Waals surface area contributed by atoms with Gasteiger partial charge in [0, 0.05) is 84.3 Å². The summed E-state index contributed by atoms with van der Waals surface area (Å²) in [6.45, 7) is -0.0249. The van der Waals surface area contributed by atoms with Crippen LogP contribution in [0.15, 0.2) is 134 Å². The summed E-state index contributed by atoms with van der Waals surface area (Å²) in [6, 6.07) is 24.2. The van der Waals surface area contributed by atoms with E-state index in [1.807, 2.05) is 43.3 Å². The number of amides is 3. The van der Waals surface area contributed by atoms with Crippen LogP contribution in [0.1, 0.15) is 27.1 Å². The highest BCUT2D eigenvalue weighted by atomic mass is 32.2. The first-order valence-electron chi connectivity index (χ1n) is 19.5. The third kappa shape index (κ3) is 8.43. The summed E-state index contributed by atoms with van der Waals surface area (Å²) < 4.78 is 7.63. The molecule has 8 rings (SSSR count). The molecule has 0 bridgehead atoms. The predicted octanol–water partition coefficient (Wildman–Crippen LogP) is 5.30. The number of carbonyl (C=O) groups is 5. The van der Waals surface area contributed by atoms with E-state index in [-0.39, 0.29) is 70.2 Å². The number of carboxylic acids is 2. The first-order valence-corrected chi connectivity index (χ1v) is 20.5. The molecule has 3 aliphatic heterocycles. The standard InChI is InChI=1S/C45H37N7O10S/c1-50(2)27-9-7-26(8-10-27)48-49-36-5-3-4-18-51(36)22-25-23-63-43-39(42(57)52(43)40(25)45(60)61)47-37(55)16-17-46-41(56)24-6-13-30(44(58)59)33(19-24)38-31-14-11-28(53)20-34(31)62-35-21-29(54)12-15-32(35)38/h3-15,18-21,39,43H,16-17,22-23H2,1-2H3,(H4-,46,47,53,54,55,56,58,59,60,61)/p+1/t39-,43+/m1/s1. The molecule has 3 amide bonds. The highest BCUT2D eigenvalue weighted by Crippen LogP contribution is 2.43. The number of azo groups is 1. The summed E-state index contributed by atoms with van der Waals surface area (Å²) in [4.78, 5) is 80.4. The maximum atomic E-state index is 13.4. The summed E-state index contributed by atoms with van der Waals surface area (Å²) in [5, 5.41) is 44.4. The third-order valence-corrected chi connectivity index (χ3v) is 11.9. The number of phenolic OH excluding ortho intramolecular Hbond substituents is 1. The van der Waals surface area contributed by atoms with Crippen LogP contribution in [0.5, 0.6) is 5.75 Å². The second-order valence-electron chi connectivity index (χ2n) is 14.9. The van der Waals surface area contributed by atoms with Crippen LogP contribution in [0, 0.1) is 0 Å². The van der Waals surface area contributed by atoms with Crippen molar-refractivity contribution in [1.29, 1.82) is 0 Å². The van der Waals surface area contributed by atoms with Crippen LogP contribution >= 0.6 is 11.8 Å². The Kier molecular flexibility index (Phi) is 11.5. The van der Waals surface area contributed by atoms with Gasteiger partial charge in [0.25, 0.3) is 11.8 Å². The quantitative estimate of drug-likeness (QED) is 0.0431. The van der Waals surface area contributed by atoms with Gasteiger partial charge in [-0.1, -0.05) is 6.07 Å². The highest BCUT2D eigenvalue weighted by Gasteiger charge is 2.54. The summed E-state index contributed by atoms with van der Waals surface area (Å²) >= 11 is 1.32. The summed E-state index contributed by atoms with van der Waals surface area (Å²) in [7, 11) is 3.87. The zero-order valence-corrected chi connectivity index (χ0v) is 34.5. The molecule has 18 heteroatoms. The van der Waals surface area contributed by atoms with Gasteiger partial charge in [0.2, 0.25) is 5.91 Å². The number of phenols is 1. The van der Waals surface area contributed by atoms with Crippen molar-refractivity contribution in [1.82, 2.24) is 15.5 Å². The number of nitrogens with zero attached hydrogens (tertiary/aromatic N) is 5. The van der Waals surface area contributed by atoms with E-state index >= 15 is 0 Å². The highest BCUT2D eigenvalue weighted by molar-refractivity contribution is 8.00. The van der Waals surface area contributed by atoms with Crippen LogP contribution in [0.3, 0.4) is 0 Å². The number of fused-ring (bicyclic) bond motifs is 3. The zero-order valence-electron chi connectivity index (χ0n) is 33.6. The normalized spacial score (nSPS) is 15.9. The molecular weight excluding hydrogens is 831 g/mol. The maximum absolute atomic E-state index is 13.4. The average molecular weight is 869 g/mol. The number of rotatable bonds is 13. The van der Waals surface area contributed by atoms with E-state index < -0.39 is 41.1 Å². The molecule has 0 unspecified atom stereocenters. The van der Waals surface area contributed by atoms with Crippen molar-refractivity contribution < 1.29 is 48.3 Å². The van der Waals surface area contributed by atoms with E-state index in [1.54, 1.807) is 35.0 Å². The number of aliphatic carboxylic acids is 1. The van der Waals surface area contributed by atoms with E-state index in [9.17, 15) is 44.1 Å². The van der Waals surface area contributed by atoms with Crippen molar-refractivity contribution in [3.63, 3.8) is 0 Å². The predicted molar refractivity (Wildman–Crippen MR) is 231 cm³/mol. The molecule has 5 N–H and O–H groups in total. The van der Waals surface area contributed by atoms with E-state index in [0.717, 1.165) is 5.69 Å². The molecule has 1 fully saturated rings. The maximum Gasteiger partial charge on any atom is 0.352 e. The number of nitrogens with one attached hydrogen (secondary N) is 2. The van der Waals surface area contributed by atoms with Crippen molar-refractivity contribution in [2.45, 2.75) is 24.4 Å². The van der Waals surface area contributed by atoms with Gasteiger partial charge in [-0.05, 0) is 83.5 Å². The summed E-state index contributed by atoms with van der Waals surface area (Å²) in [6.07, 6.45) is 1.52. The molecule has 0 spiro atoms. The molecule has 17 nitrogen and oxygen atoms in total. The number of hydrogen-bond donors (Lipinski definition) is 5. The number of carboxylic acid groups (broad SMARTS) is 2. The van der Waals surface area contributed by atoms with Gasteiger partial charge >= 0.3 is 17.8 Å². The molecule has 2 atom stereocenters. The van der Waals surface area contributed by atoms with Crippen molar-refractivity contribution >= 4 is 69.6 Å². The first kappa shape index (κ1) is 41.9. The Morgan fingerprint density at radius 3 is 2.44 bits per heavy atom. The first-order chi connectivity index (χ1) is 30.3. The minimum absolute atomic E-state index is 0.0719.